The minimum absolute atomic E-state index is 0.0309. The van der Waals surface area contributed by atoms with Crippen LogP contribution < -0.4 is 14.8 Å². The van der Waals surface area contributed by atoms with Gasteiger partial charge in [0.15, 0.2) is 23.2 Å². The molecule has 1 fully saturated rings. The Balaban J connectivity index is 1.50. The van der Waals surface area contributed by atoms with Gasteiger partial charge < -0.3 is 47.5 Å². The number of fused-ring (bicyclic) bond motifs is 1. The van der Waals surface area contributed by atoms with Crippen molar-refractivity contribution in [2.75, 3.05) is 52.9 Å². The Labute approximate surface area is 386 Å². The van der Waals surface area contributed by atoms with Crippen LogP contribution in [-0.2, 0) is 43.1 Å². The van der Waals surface area contributed by atoms with E-state index in [4.69, 9.17) is 47.5 Å². The molecule has 0 radical (unpaired) electrons. The van der Waals surface area contributed by atoms with Crippen molar-refractivity contribution in [3.63, 3.8) is 0 Å². The molecule has 0 bridgehead atoms. The van der Waals surface area contributed by atoms with Crippen LogP contribution in [0.5, 0.6) is 11.5 Å². The molecule has 66 heavy (non-hydrogen) atoms. The maximum atomic E-state index is 12.2. The van der Waals surface area contributed by atoms with Gasteiger partial charge in [-0.05, 0) is 68.7 Å². The average Bonchev–Trinajstić information content (AvgIpc) is 3.90. The number of hydrogen-bond acceptors (Lipinski definition) is 16. The van der Waals surface area contributed by atoms with E-state index >= 15 is 0 Å². The minimum Gasteiger partial charge on any atom is -0.497 e. The number of benzene rings is 3. The summed E-state index contributed by atoms with van der Waals surface area (Å²) in [5, 5.41) is 21.3. The predicted octanol–water partition coefficient (Wildman–Crippen LogP) is 7.62. The van der Waals surface area contributed by atoms with Crippen LogP contribution in [-0.4, -0.2) is 108 Å². The van der Waals surface area contributed by atoms with Gasteiger partial charge in [-0.1, -0.05) is 54.6 Å². The third-order valence-corrected chi connectivity index (χ3v) is 12.7. The molecular formula is C47H57N8O10P. The van der Waals surface area contributed by atoms with E-state index in [-0.39, 0.29) is 70.1 Å². The molecule has 18 nitrogen and oxygen atoms in total. The second-order valence-corrected chi connectivity index (χ2v) is 17.0. The van der Waals surface area contributed by atoms with Crippen molar-refractivity contribution in [3.05, 3.63) is 108 Å². The van der Waals surface area contributed by atoms with Crippen molar-refractivity contribution >= 4 is 31.4 Å². The van der Waals surface area contributed by atoms with Gasteiger partial charge in [-0.25, -0.2) is 19.6 Å². The molecule has 19 heteroatoms. The monoisotopic (exact) mass is 924 g/mol. The number of nitriles is 2. The lowest BCUT2D eigenvalue weighted by Crippen LogP contribution is -2.43. The van der Waals surface area contributed by atoms with Crippen LogP contribution in [0, 0.1) is 22.7 Å². The summed E-state index contributed by atoms with van der Waals surface area (Å²) in [7, 11) is 1.37. The van der Waals surface area contributed by atoms with Crippen LogP contribution in [0.15, 0.2) is 91.5 Å². The van der Waals surface area contributed by atoms with Crippen LogP contribution in [0.25, 0.3) is 11.2 Å². The molecule has 5 aromatic rings. The Morgan fingerprint density at radius 2 is 1.45 bits per heavy atom. The Hall–Kier alpha value is -5.63. The number of nitrogens with one attached hydrogen (secondary N) is 1. The molecule has 0 aliphatic carbocycles. The minimum atomic E-state index is -1.87. The lowest BCUT2D eigenvalue weighted by molar-refractivity contribution is -0.173. The number of imidazole rings is 1. The van der Waals surface area contributed by atoms with Gasteiger partial charge in [-0.15, -0.1) is 0 Å². The molecule has 3 unspecified atom stereocenters. The van der Waals surface area contributed by atoms with Crippen LogP contribution in [0.4, 0.5) is 5.82 Å². The van der Waals surface area contributed by atoms with Crippen LogP contribution in [0.1, 0.15) is 70.4 Å². The number of carbonyl (C=O) groups is 1. The first-order valence-electron chi connectivity index (χ1n) is 21.5. The number of aromatic nitrogens is 4. The van der Waals surface area contributed by atoms with Crippen molar-refractivity contribution < 1.29 is 47.0 Å². The van der Waals surface area contributed by atoms with Gasteiger partial charge in [0.25, 0.3) is 8.53 Å². The molecule has 1 saturated heterocycles. The maximum absolute atomic E-state index is 12.2. The van der Waals surface area contributed by atoms with Crippen LogP contribution in [0.3, 0.4) is 0 Å². The molecule has 5 atom stereocenters. The molecule has 0 spiro atoms. The summed E-state index contributed by atoms with van der Waals surface area (Å²) in [5.74, 6) is 1.23. The number of anilines is 1. The van der Waals surface area contributed by atoms with Gasteiger partial charge >= 0.3 is 0 Å². The fraction of sp³-hybridized carbons (Fsp3) is 0.447. The summed E-state index contributed by atoms with van der Waals surface area (Å²) in [4.78, 5) is 25.6. The third kappa shape index (κ3) is 11.8. The van der Waals surface area contributed by atoms with E-state index < -0.39 is 38.7 Å². The van der Waals surface area contributed by atoms with E-state index in [2.05, 4.69) is 58.7 Å². The first kappa shape index (κ1) is 49.8. The number of hydrogen-bond donors (Lipinski definition) is 1. The number of carbonyl (C=O) groups excluding carboxylic acids is 1. The molecule has 1 N–H and O–H groups in total. The van der Waals surface area contributed by atoms with Crippen molar-refractivity contribution in [1.29, 1.82) is 10.5 Å². The molecular weight excluding hydrogens is 868 g/mol. The molecule has 350 valence electrons. The first-order chi connectivity index (χ1) is 32.1. The molecule has 3 aromatic carbocycles. The fourth-order valence-electron chi connectivity index (χ4n) is 7.74. The second kappa shape index (κ2) is 24.2. The van der Waals surface area contributed by atoms with E-state index in [0.717, 1.165) is 16.7 Å². The molecule has 6 rings (SSSR count). The average molecular weight is 925 g/mol. The number of rotatable bonds is 25. The lowest BCUT2D eigenvalue weighted by atomic mass is 9.80. The van der Waals surface area contributed by atoms with Crippen molar-refractivity contribution in [1.82, 2.24) is 24.2 Å². The summed E-state index contributed by atoms with van der Waals surface area (Å²) in [6, 6.07) is 29.5. The van der Waals surface area contributed by atoms with E-state index in [1.807, 2.05) is 84.9 Å². The van der Waals surface area contributed by atoms with Crippen LogP contribution in [0.2, 0.25) is 0 Å². The normalized spacial score (nSPS) is 17.8. The highest BCUT2D eigenvalue weighted by Gasteiger charge is 2.52. The third-order valence-electron chi connectivity index (χ3n) is 10.6. The van der Waals surface area contributed by atoms with E-state index in [1.165, 1.54) is 13.3 Å². The smallest absolute Gasteiger partial charge is 0.259 e. The highest BCUT2D eigenvalue weighted by molar-refractivity contribution is 7.44. The van der Waals surface area contributed by atoms with Gasteiger partial charge in [0.1, 0.15) is 55.3 Å². The Kier molecular flexibility index (Phi) is 18.3. The molecule has 1 aliphatic rings. The summed E-state index contributed by atoms with van der Waals surface area (Å²) >= 11 is 0. The quantitative estimate of drug-likeness (QED) is 0.0259. The fourth-order valence-corrected chi connectivity index (χ4v) is 9.51. The van der Waals surface area contributed by atoms with Gasteiger partial charge in [0.05, 0.1) is 65.3 Å². The molecule has 1 amide bonds. The number of nitrogens with zero attached hydrogens (tertiary/aromatic N) is 7. The topological polar surface area (TPSA) is 207 Å². The van der Waals surface area contributed by atoms with Crippen molar-refractivity contribution in [2.24, 2.45) is 0 Å². The van der Waals surface area contributed by atoms with E-state index in [0.29, 0.717) is 22.7 Å². The van der Waals surface area contributed by atoms with Crippen molar-refractivity contribution in [3.8, 4) is 23.6 Å². The van der Waals surface area contributed by atoms with Crippen LogP contribution >= 0.6 is 8.53 Å². The first-order valence-corrected chi connectivity index (χ1v) is 22.7. The maximum Gasteiger partial charge on any atom is 0.259 e. The zero-order valence-electron chi connectivity index (χ0n) is 38.2. The lowest BCUT2D eigenvalue weighted by Gasteiger charge is -2.39. The van der Waals surface area contributed by atoms with Gasteiger partial charge in [-0.2, -0.15) is 10.5 Å². The Morgan fingerprint density at radius 3 is 2.05 bits per heavy atom. The second-order valence-electron chi connectivity index (χ2n) is 15.6. The number of methoxy groups -OCH3 is 2. The summed E-state index contributed by atoms with van der Waals surface area (Å²) in [5.41, 5.74) is 1.89. The van der Waals surface area contributed by atoms with Crippen molar-refractivity contribution in [2.45, 2.75) is 89.7 Å². The highest BCUT2D eigenvalue weighted by atomic mass is 31.2. The zero-order chi connectivity index (χ0) is 47.1. The molecule has 2 aromatic heterocycles. The number of amides is 1. The predicted molar refractivity (Wildman–Crippen MR) is 244 cm³/mol. The largest absolute Gasteiger partial charge is 0.497 e. The van der Waals surface area contributed by atoms with E-state index in [1.54, 1.807) is 25.1 Å². The van der Waals surface area contributed by atoms with Gasteiger partial charge in [0, 0.05) is 19.0 Å². The molecule has 1 aliphatic heterocycles. The van der Waals surface area contributed by atoms with Gasteiger partial charge in [-0.3, -0.25) is 9.36 Å². The highest BCUT2D eigenvalue weighted by Crippen LogP contribution is 2.51. The standard InChI is InChI=1S/C47H57N8O10P/c1-32(2)55(33(3)4)66(63-26-12-24-49)65-42-40(27-62-47(35-13-9-8-10-14-35,36-15-19-38(57-6)20-16-36)37-17-21-39(58-7)22-18-37)64-46(43(42)61-31-60-30-59-25-11-23-48)54-29-52-41-44(53-34(5)56)50-28-51-45(41)54/h8-10,13-22,28-29,32-33,40,42-43,46H,11-12,25-27,30-31H2,1-7H3,(H,50,51,53,56)/t40-,42?,43?,46-,66?/m1/s1. The summed E-state index contributed by atoms with van der Waals surface area (Å²) in [6.07, 6.45) is -0.529. The summed E-state index contributed by atoms with van der Waals surface area (Å²) in [6.45, 7) is 9.42. The Morgan fingerprint density at radius 1 is 0.833 bits per heavy atom. The molecule has 3 heterocycles. The summed E-state index contributed by atoms with van der Waals surface area (Å²) < 4.78 is 61.0. The van der Waals surface area contributed by atoms with Gasteiger partial charge in [0.2, 0.25) is 5.91 Å². The Bertz CT molecular complexity index is 2320. The zero-order valence-corrected chi connectivity index (χ0v) is 39.1. The molecule has 0 saturated carbocycles. The SMILES string of the molecule is COc1ccc(C(OC[C@H]2O[C@@H](n3cnc4c(NC(C)=O)ncnc43)C(OCOCOCCC#N)C2OP(OCCC#N)N(C(C)C)C(C)C)(c2ccccc2)c2ccc(OC)cc2)cc1. The van der Waals surface area contributed by atoms with E-state index in [9.17, 15) is 10.1 Å². The number of ether oxygens (including phenoxy) is 7.